The standard InChI is InChI=1S/C20H34INO5/c1-18(2)11-15(12-19(3,4)22(18)25)26-16(23)13-8-7-9-14(10-13)27-17(24)20(5,6)21/h13-15,25H,7-12H2,1-6H3/p+1. The van der Waals surface area contributed by atoms with E-state index in [1.807, 2.05) is 41.5 Å². The van der Waals surface area contributed by atoms with Crippen molar-refractivity contribution in [3.05, 3.63) is 0 Å². The zero-order chi connectivity index (χ0) is 20.6. The van der Waals surface area contributed by atoms with Gasteiger partial charge in [-0.15, -0.1) is 0 Å². The van der Waals surface area contributed by atoms with Gasteiger partial charge in [0.2, 0.25) is 0 Å². The molecule has 2 rings (SSSR count). The van der Waals surface area contributed by atoms with Crippen molar-refractivity contribution in [2.24, 2.45) is 5.92 Å². The molecule has 2 N–H and O–H groups in total. The van der Waals surface area contributed by atoms with Crippen molar-refractivity contribution in [1.29, 1.82) is 0 Å². The van der Waals surface area contributed by atoms with Crippen LogP contribution in [0.25, 0.3) is 0 Å². The summed E-state index contributed by atoms with van der Waals surface area (Å²) in [6.45, 7) is 11.7. The first kappa shape index (κ1) is 22.9. The second kappa shape index (κ2) is 8.14. The molecule has 6 nitrogen and oxygen atoms in total. The molecular formula is C20H35INO5+. The number of piperidine rings is 1. The molecule has 156 valence electrons. The Balaban J connectivity index is 1.94. The highest BCUT2D eigenvalue weighted by molar-refractivity contribution is 14.1. The molecule has 7 heteroatoms. The van der Waals surface area contributed by atoms with E-state index in [9.17, 15) is 9.59 Å². The van der Waals surface area contributed by atoms with Crippen LogP contribution in [-0.4, -0.2) is 48.9 Å². The summed E-state index contributed by atoms with van der Waals surface area (Å²) in [5, 5.41) is 9.96. The molecular weight excluding hydrogens is 461 g/mol. The minimum atomic E-state index is -0.563. The van der Waals surface area contributed by atoms with E-state index in [1.54, 1.807) is 5.06 Å². The number of hydrogen-bond donors (Lipinski definition) is 0. The normalized spacial score (nSPS) is 29.2. The third kappa shape index (κ3) is 5.79. The summed E-state index contributed by atoms with van der Waals surface area (Å²) in [7, 11) is 0. The summed E-state index contributed by atoms with van der Waals surface area (Å²) in [6, 6.07) is 0. The largest absolute Gasteiger partial charge is 0.462 e. The molecule has 1 aliphatic heterocycles. The van der Waals surface area contributed by atoms with E-state index in [2.05, 4.69) is 22.6 Å². The second-order valence-corrected chi connectivity index (χ2v) is 12.5. The van der Waals surface area contributed by atoms with Gasteiger partial charge in [-0.3, -0.25) is 9.59 Å². The van der Waals surface area contributed by atoms with Crippen LogP contribution in [0.4, 0.5) is 0 Å². The minimum Gasteiger partial charge on any atom is -0.462 e. The molecule has 0 aromatic rings. The molecule has 2 unspecified atom stereocenters. The summed E-state index contributed by atoms with van der Waals surface area (Å²) >= 11 is 2.08. The van der Waals surface area contributed by atoms with Gasteiger partial charge in [0.15, 0.2) is 0 Å². The number of alkyl halides is 1. The molecule has 2 fully saturated rings. The predicted octanol–water partition coefficient (Wildman–Crippen LogP) is 3.51. The molecule has 0 aromatic carbocycles. The number of ether oxygens (including phenoxy) is 2. The van der Waals surface area contributed by atoms with Gasteiger partial charge >= 0.3 is 11.9 Å². The van der Waals surface area contributed by atoms with Crippen LogP contribution >= 0.6 is 22.6 Å². The molecule has 0 spiro atoms. The molecule has 1 aliphatic carbocycles. The molecule has 1 heterocycles. The fourth-order valence-corrected chi connectivity index (χ4v) is 4.42. The van der Waals surface area contributed by atoms with Gasteiger partial charge in [0, 0.05) is 12.8 Å². The highest BCUT2D eigenvalue weighted by Crippen LogP contribution is 2.39. The fraction of sp³-hybridized carbons (Fsp3) is 0.900. The Hall–Kier alpha value is -0.410. The average Bonchev–Trinajstić information content (AvgIpc) is 2.51. The van der Waals surface area contributed by atoms with Crippen LogP contribution in [0.15, 0.2) is 0 Å². The summed E-state index contributed by atoms with van der Waals surface area (Å²) in [4.78, 5) is 24.9. The lowest BCUT2D eigenvalue weighted by Crippen LogP contribution is -2.60. The number of hydrogen-bond acceptors (Lipinski definition) is 5. The van der Waals surface area contributed by atoms with Crippen LogP contribution in [0.5, 0.6) is 0 Å². The molecule has 1 saturated heterocycles. The first-order valence-electron chi connectivity index (χ1n) is 9.84. The molecule has 2 atom stereocenters. The number of carbonyl (C=O) groups excluding carboxylic acids is 2. The van der Waals surface area contributed by atoms with E-state index in [0.717, 1.165) is 19.3 Å². The number of esters is 2. The minimum absolute atomic E-state index is 0.180. The molecule has 2 aliphatic rings. The molecule has 1 saturated carbocycles. The average molecular weight is 496 g/mol. The van der Waals surface area contributed by atoms with Crippen LogP contribution in [-0.2, 0) is 19.1 Å². The van der Waals surface area contributed by atoms with Gasteiger partial charge in [-0.05, 0) is 67.2 Å². The van der Waals surface area contributed by atoms with Crippen molar-refractivity contribution in [1.82, 2.24) is 5.06 Å². The van der Waals surface area contributed by atoms with Crippen LogP contribution in [0.1, 0.15) is 80.1 Å². The maximum atomic E-state index is 12.8. The summed E-state index contributed by atoms with van der Waals surface area (Å²) in [5.74, 6) is -0.623. The number of nitrogens with zero attached hydrogens (tertiary/aromatic N) is 1. The van der Waals surface area contributed by atoms with Gasteiger partial charge < -0.3 is 14.7 Å². The zero-order valence-electron chi connectivity index (χ0n) is 17.4. The lowest BCUT2D eigenvalue weighted by molar-refractivity contribution is -0.260. The number of hydroxylamine groups is 2. The van der Waals surface area contributed by atoms with Gasteiger partial charge in [-0.2, -0.15) is 0 Å². The van der Waals surface area contributed by atoms with E-state index in [1.165, 1.54) is 0 Å². The van der Waals surface area contributed by atoms with Crippen LogP contribution in [0.3, 0.4) is 0 Å². The molecule has 0 radical (unpaired) electrons. The topological polar surface area (TPSA) is 78.7 Å². The van der Waals surface area contributed by atoms with Gasteiger partial charge in [0.25, 0.3) is 0 Å². The fourth-order valence-electron chi connectivity index (χ4n) is 4.29. The van der Waals surface area contributed by atoms with Gasteiger partial charge in [0.05, 0.1) is 17.0 Å². The van der Waals surface area contributed by atoms with E-state index in [-0.39, 0.29) is 41.1 Å². The van der Waals surface area contributed by atoms with E-state index >= 15 is 0 Å². The first-order chi connectivity index (χ1) is 12.2. The van der Waals surface area contributed by atoms with Crippen LogP contribution in [0.2, 0.25) is 0 Å². The summed E-state index contributed by atoms with van der Waals surface area (Å²) in [6.07, 6.45) is 3.91. The lowest BCUT2D eigenvalue weighted by atomic mass is 9.80. The molecule has 0 amide bonds. The van der Waals surface area contributed by atoms with Gasteiger partial charge in [0.1, 0.15) is 15.6 Å². The van der Waals surface area contributed by atoms with Crippen molar-refractivity contribution in [2.75, 3.05) is 0 Å². The maximum Gasteiger partial charge on any atom is 0.321 e. The number of carbonyl (C=O) groups is 2. The zero-order valence-corrected chi connectivity index (χ0v) is 19.6. The molecule has 0 bridgehead atoms. The first-order valence-corrected chi connectivity index (χ1v) is 10.9. The monoisotopic (exact) mass is 496 g/mol. The third-order valence-electron chi connectivity index (χ3n) is 5.67. The van der Waals surface area contributed by atoms with E-state index in [4.69, 9.17) is 14.7 Å². The Morgan fingerprint density at radius 2 is 1.59 bits per heavy atom. The van der Waals surface area contributed by atoms with E-state index in [0.29, 0.717) is 19.3 Å². The SMILES string of the molecule is CC(C)(I)C(=O)OC1CCCC(C(=O)OC2CC(C)(C)N([OH2+])C(C)(C)C2)C1. The Labute approximate surface area is 176 Å². The Bertz CT molecular complexity index is 551. The van der Waals surface area contributed by atoms with Crippen molar-refractivity contribution in [3.8, 4) is 0 Å². The third-order valence-corrected chi connectivity index (χ3v) is 6.11. The summed E-state index contributed by atoms with van der Waals surface area (Å²) < 4.78 is 10.9. The van der Waals surface area contributed by atoms with Crippen molar-refractivity contribution < 1.29 is 24.3 Å². The van der Waals surface area contributed by atoms with Crippen LogP contribution in [0, 0.1) is 5.92 Å². The highest BCUT2D eigenvalue weighted by Gasteiger charge is 2.50. The maximum absolute atomic E-state index is 12.8. The Morgan fingerprint density at radius 3 is 2.11 bits per heavy atom. The second-order valence-electron chi connectivity index (χ2n) is 9.79. The Morgan fingerprint density at radius 1 is 1.04 bits per heavy atom. The van der Waals surface area contributed by atoms with Crippen LogP contribution < -0.4 is 0 Å². The van der Waals surface area contributed by atoms with Crippen molar-refractivity contribution in [3.63, 3.8) is 0 Å². The number of halogens is 1. The Kier molecular flexibility index (Phi) is 6.90. The smallest absolute Gasteiger partial charge is 0.321 e. The van der Waals surface area contributed by atoms with Gasteiger partial charge in [-0.25, -0.2) is 0 Å². The van der Waals surface area contributed by atoms with Gasteiger partial charge in [-0.1, -0.05) is 27.7 Å². The lowest BCUT2D eigenvalue weighted by Gasteiger charge is -2.47. The molecule has 0 aromatic heterocycles. The quantitative estimate of drug-likeness (QED) is 0.258. The molecule has 27 heavy (non-hydrogen) atoms. The van der Waals surface area contributed by atoms with Crippen molar-refractivity contribution in [2.45, 2.75) is 107 Å². The number of rotatable bonds is 4. The highest BCUT2D eigenvalue weighted by atomic mass is 127. The predicted molar refractivity (Wildman–Crippen MR) is 113 cm³/mol. The van der Waals surface area contributed by atoms with Crippen molar-refractivity contribution >= 4 is 34.5 Å². The van der Waals surface area contributed by atoms with E-state index < -0.39 is 3.42 Å². The summed E-state index contributed by atoms with van der Waals surface area (Å²) in [5.41, 5.74) is -0.688.